The van der Waals surface area contributed by atoms with Crippen molar-refractivity contribution in [3.63, 3.8) is 0 Å². The summed E-state index contributed by atoms with van der Waals surface area (Å²) in [5, 5.41) is 0. The van der Waals surface area contributed by atoms with Crippen LogP contribution in [0.4, 0.5) is 0 Å². The maximum atomic E-state index is 12.3. The van der Waals surface area contributed by atoms with Crippen LogP contribution in [-0.2, 0) is 16.3 Å². The highest BCUT2D eigenvalue weighted by atomic mass is 79.9. The Balaban J connectivity index is 2.07. The minimum Gasteiger partial charge on any atom is -0.219 e. The van der Waals surface area contributed by atoms with Crippen molar-refractivity contribution in [1.82, 2.24) is 0 Å². The predicted octanol–water partition coefficient (Wildman–Crippen LogP) is 4.37. The first-order chi connectivity index (χ1) is 9.50. The third kappa shape index (κ3) is 3.58. The first-order valence-electron chi connectivity index (χ1n) is 6.22. The molecule has 0 saturated heterocycles. The highest BCUT2D eigenvalue weighted by Gasteiger charge is 2.17. The molecular formula is C16H15BrO2S. The number of hydrogen-bond donors (Lipinski definition) is 0. The Morgan fingerprint density at radius 2 is 1.60 bits per heavy atom. The van der Waals surface area contributed by atoms with Crippen LogP contribution in [0.15, 0.2) is 75.4 Å². The quantitative estimate of drug-likeness (QED) is 0.802. The molecule has 0 fully saturated rings. The van der Waals surface area contributed by atoms with Gasteiger partial charge in [0.25, 0.3) is 0 Å². The van der Waals surface area contributed by atoms with E-state index in [4.69, 9.17) is 0 Å². The van der Waals surface area contributed by atoms with Crippen LogP contribution in [0.2, 0.25) is 0 Å². The molecule has 0 amide bonds. The molecule has 104 valence electrons. The molecule has 0 aliphatic carbocycles. The Morgan fingerprint density at radius 3 is 2.20 bits per heavy atom. The molecule has 0 heterocycles. The van der Waals surface area contributed by atoms with E-state index >= 15 is 0 Å². The number of aryl methyl sites for hydroxylation is 1. The third-order valence-corrected chi connectivity index (χ3v) is 5.42. The van der Waals surface area contributed by atoms with Gasteiger partial charge in [-0.1, -0.05) is 52.8 Å². The predicted molar refractivity (Wildman–Crippen MR) is 85.2 cm³/mol. The van der Waals surface area contributed by atoms with Gasteiger partial charge in [0, 0.05) is 9.38 Å². The number of benzene rings is 2. The van der Waals surface area contributed by atoms with Gasteiger partial charge in [0.05, 0.1) is 4.90 Å². The Kier molecular flexibility index (Phi) is 4.78. The maximum Gasteiger partial charge on any atom is 0.202 e. The zero-order valence-corrected chi connectivity index (χ0v) is 13.3. The summed E-state index contributed by atoms with van der Waals surface area (Å²) in [6.45, 7) is 3.74. The van der Waals surface area contributed by atoms with E-state index in [2.05, 4.69) is 22.5 Å². The highest BCUT2D eigenvalue weighted by Crippen LogP contribution is 2.22. The molecule has 0 radical (unpaired) electrons. The smallest absolute Gasteiger partial charge is 0.202 e. The minimum atomic E-state index is -3.42. The number of rotatable bonds is 5. The second kappa shape index (κ2) is 6.37. The zero-order chi connectivity index (χ0) is 14.6. The van der Waals surface area contributed by atoms with Gasteiger partial charge in [0.15, 0.2) is 0 Å². The molecular weight excluding hydrogens is 336 g/mol. The van der Waals surface area contributed by atoms with Crippen molar-refractivity contribution >= 4 is 25.8 Å². The summed E-state index contributed by atoms with van der Waals surface area (Å²) in [6.07, 6.45) is 1.09. The lowest BCUT2D eigenvalue weighted by Crippen LogP contribution is -2.04. The van der Waals surface area contributed by atoms with Crippen LogP contribution in [0.5, 0.6) is 0 Å². The fraction of sp³-hybridized carbons (Fsp3) is 0.125. The van der Waals surface area contributed by atoms with Crippen LogP contribution in [-0.4, -0.2) is 8.42 Å². The summed E-state index contributed by atoms with van der Waals surface area (Å²) in [4.78, 5) is 0.562. The van der Waals surface area contributed by atoms with Gasteiger partial charge in [-0.25, -0.2) is 8.42 Å². The average Bonchev–Trinajstić information content (AvgIpc) is 2.47. The number of hydrogen-bond acceptors (Lipinski definition) is 2. The second-order valence-corrected chi connectivity index (χ2v) is 7.45. The van der Waals surface area contributed by atoms with Gasteiger partial charge >= 0.3 is 0 Å². The van der Waals surface area contributed by atoms with Crippen molar-refractivity contribution in [3.8, 4) is 0 Å². The fourth-order valence-electron chi connectivity index (χ4n) is 1.84. The summed E-state index contributed by atoms with van der Waals surface area (Å²) < 4.78 is 25.6. The van der Waals surface area contributed by atoms with Crippen LogP contribution < -0.4 is 0 Å². The van der Waals surface area contributed by atoms with Crippen molar-refractivity contribution in [2.45, 2.75) is 17.7 Å². The van der Waals surface area contributed by atoms with Gasteiger partial charge in [-0.05, 0) is 42.7 Å². The summed E-state index contributed by atoms with van der Waals surface area (Å²) in [5.74, 6) is 0. The Morgan fingerprint density at radius 1 is 1.00 bits per heavy atom. The molecule has 0 saturated carbocycles. The van der Waals surface area contributed by atoms with Crippen LogP contribution in [0.1, 0.15) is 12.0 Å². The topological polar surface area (TPSA) is 34.1 Å². The molecule has 2 nitrogen and oxygen atoms in total. The van der Waals surface area contributed by atoms with E-state index in [0.717, 1.165) is 10.0 Å². The molecule has 0 aliphatic rings. The number of sulfone groups is 1. The number of allylic oxidation sites excluding steroid dienone is 1. The Bertz CT molecular complexity index is 689. The number of halogens is 1. The van der Waals surface area contributed by atoms with Crippen molar-refractivity contribution in [3.05, 3.63) is 76.1 Å². The first-order valence-corrected chi connectivity index (χ1v) is 8.50. The second-order valence-electron chi connectivity index (χ2n) is 4.48. The molecule has 0 N–H and O–H groups in total. The van der Waals surface area contributed by atoms with E-state index in [1.165, 1.54) is 0 Å². The van der Waals surface area contributed by atoms with E-state index in [1.54, 1.807) is 30.3 Å². The van der Waals surface area contributed by atoms with E-state index < -0.39 is 9.84 Å². The fourth-order valence-corrected chi connectivity index (χ4v) is 3.32. The molecule has 0 spiro atoms. The monoisotopic (exact) mass is 350 g/mol. The van der Waals surface area contributed by atoms with Crippen molar-refractivity contribution in [1.29, 1.82) is 0 Å². The third-order valence-electron chi connectivity index (χ3n) is 3.04. The van der Waals surface area contributed by atoms with E-state index in [-0.39, 0.29) is 4.91 Å². The van der Waals surface area contributed by atoms with Gasteiger partial charge in [-0.15, -0.1) is 0 Å². The van der Waals surface area contributed by atoms with Crippen LogP contribution in [0.3, 0.4) is 0 Å². The molecule has 0 aromatic heterocycles. The lowest BCUT2D eigenvalue weighted by Gasteiger charge is -2.08. The first kappa shape index (κ1) is 15.0. The van der Waals surface area contributed by atoms with Gasteiger partial charge in [0.1, 0.15) is 0 Å². The van der Waals surface area contributed by atoms with Gasteiger partial charge in [-0.3, -0.25) is 0 Å². The van der Waals surface area contributed by atoms with Crippen LogP contribution >= 0.6 is 15.9 Å². The lowest BCUT2D eigenvalue weighted by molar-refractivity contribution is 0.600. The van der Waals surface area contributed by atoms with Gasteiger partial charge in [-0.2, -0.15) is 0 Å². The van der Waals surface area contributed by atoms with E-state index in [0.29, 0.717) is 17.7 Å². The molecule has 20 heavy (non-hydrogen) atoms. The average molecular weight is 351 g/mol. The van der Waals surface area contributed by atoms with Crippen LogP contribution in [0, 0.1) is 0 Å². The van der Waals surface area contributed by atoms with Crippen molar-refractivity contribution in [2.75, 3.05) is 0 Å². The minimum absolute atomic E-state index is 0.256. The summed E-state index contributed by atoms with van der Waals surface area (Å²) in [7, 11) is -3.42. The molecule has 0 aliphatic heterocycles. The molecule has 2 rings (SSSR count). The maximum absolute atomic E-state index is 12.3. The standard InChI is InChI=1S/C16H15BrO2S/c1-13(7-8-14-9-11-15(17)12-10-14)20(18,19)16-5-3-2-4-6-16/h2-6,9-12H,1,7-8H2. The van der Waals surface area contributed by atoms with E-state index in [9.17, 15) is 8.42 Å². The molecule has 0 bridgehead atoms. The van der Waals surface area contributed by atoms with Gasteiger partial charge in [0.2, 0.25) is 9.84 Å². The zero-order valence-electron chi connectivity index (χ0n) is 10.9. The van der Waals surface area contributed by atoms with Crippen LogP contribution in [0.25, 0.3) is 0 Å². The van der Waals surface area contributed by atoms with Crippen molar-refractivity contribution < 1.29 is 8.42 Å². The van der Waals surface area contributed by atoms with Gasteiger partial charge < -0.3 is 0 Å². The SMILES string of the molecule is C=C(CCc1ccc(Br)cc1)S(=O)(=O)c1ccccc1. The summed E-state index contributed by atoms with van der Waals surface area (Å²) in [6, 6.07) is 16.3. The Hall–Kier alpha value is -1.39. The van der Waals surface area contributed by atoms with E-state index in [1.807, 2.05) is 24.3 Å². The van der Waals surface area contributed by atoms with Crippen molar-refractivity contribution in [2.24, 2.45) is 0 Å². The Labute approximate surface area is 128 Å². The molecule has 0 unspecified atom stereocenters. The molecule has 0 atom stereocenters. The molecule has 2 aromatic rings. The summed E-state index contributed by atoms with van der Waals surface area (Å²) in [5.41, 5.74) is 1.10. The molecule has 2 aromatic carbocycles. The highest BCUT2D eigenvalue weighted by molar-refractivity contribution is 9.10. The lowest BCUT2D eigenvalue weighted by atomic mass is 10.1. The summed E-state index contributed by atoms with van der Waals surface area (Å²) >= 11 is 3.37. The largest absolute Gasteiger partial charge is 0.219 e. The normalized spacial score (nSPS) is 11.2. The molecule has 4 heteroatoms.